The number of halogens is 1. The van der Waals surface area contributed by atoms with Crippen LogP contribution in [0.3, 0.4) is 0 Å². The van der Waals surface area contributed by atoms with Gasteiger partial charge in [0, 0.05) is 13.1 Å². The number of ether oxygens (including phenoxy) is 1. The summed E-state index contributed by atoms with van der Waals surface area (Å²) >= 11 is 0. The molecular weight excluding hydrogens is 281 g/mol. The molecule has 4 heteroatoms. The van der Waals surface area contributed by atoms with Crippen LogP contribution in [0.2, 0.25) is 0 Å². The number of hydrogen-bond acceptors (Lipinski definition) is 3. The number of aliphatic hydroxyl groups is 1. The molecular formula is C18H22FNO2. The summed E-state index contributed by atoms with van der Waals surface area (Å²) < 4.78 is 18.5. The molecule has 0 saturated heterocycles. The molecule has 2 N–H and O–H groups in total. The molecule has 2 aromatic rings. The van der Waals surface area contributed by atoms with Gasteiger partial charge in [0.1, 0.15) is 0 Å². The molecule has 2 rings (SSSR count). The molecule has 0 saturated carbocycles. The van der Waals surface area contributed by atoms with E-state index in [1.54, 1.807) is 6.07 Å². The third-order valence-electron chi connectivity index (χ3n) is 3.53. The van der Waals surface area contributed by atoms with E-state index in [1.165, 1.54) is 18.7 Å². The fraction of sp³-hybridized carbons (Fsp3) is 0.333. The zero-order valence-corrected chi connectivity index (χ0v) is 12.8. The molecule has 3 nitrogen and oxygen atoms in total. The van der Waals surface area contributed by atoms with Crippen LogP contribution in [0, 0.1) is 5.82 Å². The van der Waals surface area contributed by atoms with E-state index in [9.17, 15) is 9.50 Å². The van der Waals surface area contributed by atoms with Crippen molar-refractivity contribution in [3.8, 4) is 5.75 Å². The summed E-state index contributed by atoms with van der Waals surface area (Å²) in [5.74, 6) is -0.120. The van der Waals surface area contributed by atoms with E-state index in [0.29, 0.717) is 19.4 Å². The van der Waals surface area contributed by atoms with Gasteiger partial charge in [0.25, 0.3) is 0 Å². The second-order valence-corrected chi connectivity index (χ2v) is 5.28. The fourth-order valence-corrected chi connectivity index (χ4v) is 2.28. The normalized spacial score (nSPS) is 12.1. The Kier molecular flexibility index (Phi) is 6.37. The van der Waals surface area contributed by atoms with Crippen LogP contribution in [0.1, 0.15) is 17.5 Å². The molecule has 0 aliphatic rings. The Morgan fingerprint density at radius 1 is 1.14 bits per heavy atom. The van der Waals surface area contributed by atoms with Crippen molar-refractivity contribution >= 4 is 0 Å². The van der Waals surface area contributed by atoms with Crippen molar-refractivity contribution in [2.75, 3.05) is 13.7 Å². The Bertz CT molecular complexity index is 575. The lowest BCUT2D eigenvalue weighted by Crippen LogP contribution is -2.26. The molecule has 0 heterocycles. The lowest BCUT2D eigenvalue weighted by molar-refractivity contribution is 0.161. The van der Waals surface area contributed by atoms with Gasteiger partial charge in [-0.25, -0.2) is 4.39 Å². The van der Waals surface area contributed by atoms with Crippen molar-refractivity contribution in [2.45, 2.75) is 25.5 Å². The second-order valence-electron chi connectivity index (χ2n) is 5.28. The van der Waals surface area contributed by atoms with E-state index < -0.39 is 6.10 Å². The highest BCUT2D eigenvalue weighted by Gasteiger charge is 2.07. The number of aliphatic hydroxyl groups excluding tert-OH is 1. The summed E-state index contributed by atoms with van der Waals surface area (Å²) in [4.78, 5) is 0. The zero-order valence-electron chi connectivity index (χ0n) is 12.8. The van der Waals surface area contributed by atoms with Gasteiger partial charge in [-0.05, 0) is 36.1 Å². The predicted octanol–water partition coefficient (Wildman–Crippen LogP) is 2.92. The second kappa shape index (κ2) is 8.51. The van der Waals surface area contributed by atoms with Crippen LogP contribution in [0.25, 0.3) is 0 Å². The first-order valence-electron chi connectivity index (χ1n) is 7.44. The smallest absolute Gasteiger partial charge is 0.165 e. The first-order valence-corrected chi connectivity index (χ1v) is 7.44. The topological polar surface area (TPSA) is 41.5 Å². The van der Waals surface area contributed by atoms with Crippen molar-refractivity contribution in [3.05, 3.63) is 65.5 Å². The minimum absolute atomic E-state index is 0.244. The summed E-state index contributed by atoms with van der Waals surface area (Å²) in [6.07, 6.45) is 0.775. The van der Waals surface area contributed by atoms with E-state index in [0.717, 1.165) is 12.1 Å². The van der Waals surface area contributed by atoms with Gasteiger partial charge in [-0.1, -0.05) is 36.4 Å². The summed E-state index contributed by atoms with van der Waals surface area (Å²) in [6, 6.07) is 14.9. The van der Waals surface area contributed by atoms with Crippen LogP contribution < -0.4 is 10.1 Å². The number of hydrogen-bond donors (Lipinski definition) is 2. The van der Waals surface area contributed by atoms with Crippen LogP contribution >= 0.6 is 0 Å². The van der Waals surface area contributed by atoms with E-state index in [1.807, 2.05) is 36.4 Å². The molecule has 0 aliphatic carbocycles. The van der Waals surface area contributed by atoms with E-state index in [-0.39, 0.29) is 11.6 Å². The highest BCUT2D eigenvalue weighted by molar-refractivity contribution is 5.29. The lowest BCUT2D eigenvalue weighted by atomic mass is 10.1. The first-order chi connectivity index (χ1) is 10.7. The minimum atomic E-state index is -0.450. The maximum atomic E-state index is 13.6. The average Bonchev–Trinajstić information content (AvgIpc) is 2.54. The van der Waals surface area contributed by atoms with Crippen LogP contribution in [0.15, 0.2) is 48.5 Å². The minimum Gasteiger partial charge on any atom is -0.494 e. The Morgan fingerprint density at radius 3 is 2.59 bits per heavy atom. The van der Waals surface area contributed by atoms with Crippen molar-refractivity contribution < 1.29 is 14.2 Å². The highest BCUT2D eigenvalue weighted by Crippen LogP contribution is 2.18. The van der Waals surface area contributed by atoms with Crippen molar-refractivity contribution in [1.82, 2.24) is 5.32 Å². The third-order valence-corrected chi connectivity index (χ3v) is 3.53. The zero-order chi connectivity index (χ0) is 15.8. The molecule has 118 valence electrons. The van der Waals surface area contributed by atoms with Gasteiger partial charge in [0.15, 0.2) is 11.6 Å². The van der Waals surface area contributed by atoms with Crippen LogP contribution in [-0.4, -0.2) is 24.9 Å². The number of methoxy groups -OCH3 is 1. The number of nitrogens with one attached hydrogen (secondary N) is 1. The maximum absolute atomic E-state index is 13.6. The highest BCUT2D eigenvalue weighted by atomic mass is 19.1. The average molecular weight is 303 g/mol. The van der Waals surface area contributed by atoms with E-state index >= 15 is 0 Å². The molecule has 0 bridgehead atoms. The summed E-state index contributed by atoms with van der Waals surface area (Å²) in [5.41, 5.74) is 2.05. The van der Waals surface area contributed by atoms with Gasteiger partial charge < -0.3 is 15.2 Å². The van der Waals surface area contributed by atoms with Crippen LogP contribution in [-0.2, 0) is 13.0 Å². The van der Waals surface area contributed by atoms with Gasteiger partial charge in [-0.3, -0.25) is 0 Å². The standard InChI is InChI=1S/C18H22FNO2/c1-22-18-10-8-14(11-17(18)19)7-9-16(21)13-20-12-15-5-3-2-4-6-15/h2-6,8,10-11,16,20-21H,7,9,12-13H2,1H3/t16-/m1/s1. The van der Waals surface area contributed by atoms with Gasteiger partial charge in [0.2, 0.25) is 0 Å². The van der Waals surface area contributed by atoms with Crippen LogP contribution in [0.5, 0.6) is 5.75 Å². The molecule has 1 atom stereocenters. The van der Waals surface area contributed by atoms with Crippen molar-refractivity contribution in [3.63, 3.8) is 0 Å². The largest absolute Gasteiger partial charge is 0.494 e. The quantitative estimate of drug-likeness (QED) is 0.788. The molecule has 2 aromatic carbocycles. The third kappa shape index (κ3) is 5.13. The van der Waals surface area contributed by atoms with Crippen molar-refractivity contribution in [1.29, 1.82) is 0 Å². The summed E-state index contributed by atoms with van der Waals surface area (Å²) in [6.45, 7) is 1.25. The molecule has 0 radical (unpaired) electrons. The number of rotatable bonds is 8. The Hall–Kier alpha value is -1.91. The predicted molar refractivity (Wildman–Crippen MR) is 85.4 cm³/mol. The SMILES string of the molecule is COc1ccc(CC[C@@H](O)CNCc2ccccc2)cc1F. The first kappa shape index (κ1) is 16.5. The molecule has 0 aromatic heterocycles. The van der Waals surface area contributed by atoms with E-state index in [2.05, 4.69) is 5.32 Å². The van der Waals surface area contributed by atoms with E-state index in [4.69, 9.17) is 4.74 Å². The fourth-order valence-electron chi connectivity index (χ4n) is 2.28. The maximum Gasteiger partial charge on any atom is 0.165 e. The number of benzene rings is 2. The van der Waals surface area contributed by atoms with Gasteiger partial charge in [-0.15, -0.1) is 0 Å². The Balaban J connectivity index is 1.71. The molecule has 0 amide bonds. The Morgan fingerprint density at radius 2 is 1.91 bits per heavy atom. The lowest BCUT2D eigenvalue weighted by Gasteiger charge is -2.12. The Labute approximate surface area is 130 Å². The summed E-state index contributed by atoms with van der Waals surface area (Å²) in [7, 11) is 1.44. The molecule has 22 heavy (non-hydrogen) atoms. The van der Waals surface area contributed by atoms with Gasteiger partial charge in [0.05, 0.1) is 13.2 Å². The summed E-state index contributed by atoms with van der Waals surface area (Å²) in [5, 5.41) is 13.2. The molecule has 0 unspecified atom stereocenters. The molecule has 0 aliphatic heterocycles. The molecule has 0 fully saturated rings. The van der Waals surface area contributed by atoms with Crippen LogP contribution in [0.4, 0.5) is 4.39 Å². The van der Waals surface area contributed by atoms with Crippen molar-refractivity contribution in [2.24, 2.45) is 0 Å². The van der Waals surface area contributed by atoms with Gasteiger partial charge >= 0.3 is 0 Å². The monoisotopic (exact) mass is 303 g/mol. The number of aryl methyl sites for hydroxylation is 1. The molecule has 0 spiro atoms. The van der Waals surface area contributed by atoms with Gasteiger partial charge in [-0.2, -0.15) is 0 Å².